The van der Waals surface area contributed by atoms with E-state index in [4.69, 9.17) is 0 Å². The highest BCUT2D eigenvalue weighted by Crippen LogP contribution is 2.32. The molecule has 0 aromatic heterocycles. The molecule has 0 amide bonds. The maximum absolute atomic E-state index is 3.96. The van der Waals surface area contributed by atoms with E-state index >= 15 is 0 Å². The van der Waals surface area contributed by atoms with Gasteiger partial charge >= 0.3 is 0 Å². The summed E-state index contributed by atoms with van der Waals surface area (Å²) in [6.45, 7) is 19.4. The molecular weight excluding hydrogens is 204 g/mol. The Hall–Kier alpha value is -1.30. The van der Waals surface area contributed by atoms with Crippen molar-refractivity contribution in [3.8, 4) is 0 Å². The molecule has 1 rings (SSSR count). The van der Waals surface area contributed by atoms with Crippen molar-refractivity contribution in [3.63, 3.8) is 0 Å². The van der Waals surface area contributed by atoms with Crippen LogP contribution in [0.25, 0.3) is 5.57 Å². The molecule has 0 aliphatic carbocycles. The second kappa shape index (κ2) is 4.91. The minimum absolute atomic E-state index is 1.28. The van der Waals surface area contributed by atoms with E-state index in [-0.39, 0.29) is 0 Å². The van der Waals surface area contributed by atoms with Crippen LogP contribution < -0.4 is 0 Å². The van der Waals surface area contributed by atoms with Crippen LogP contribution in [0.2, 0.25) is 0 Å². The Morgan fingerprint density at radius 1 is 0.765 bits per heavy atom. The minimum atomic E-state index is 1.28. The standard InChI is InChI=1S/C17H24/c1-9-16(10(2)3)17-14(7)12(5)11(4)13(6)15(17)8/h9H,1H2,2-8H3. The Bertz CT molecular complexity index is 466. The quantitative estimate of drug-likeness (QED) is 0.610. The fourth-order valence-electron chi connectivity index (χ4n) is 2.46. The second-order valence-electron chi connectivity index (χ2n) is 5.12. The van der Waals surface area contributed by atoms with Crippen molar-refractivity contribution in [2.75, 3.05) is 0 Å². The van der Waals surface area contributed by atoms with Crippen molar-refractivity contribution < 1.29 is 0 Å². The maximum Gasteiger partial charge on any atom is -0.0121 e. The van der Waals surface area contributed by atoms with E-state index in [9.17, 15) is 0 Å². The molecule has 92 valence electrons. The van der Waals surface area contributed by atoms with Gasteiger partial charge in [-0.05, 0) is 87.4 Å². The third-order valence-electron chi connectivity index (χ3n) is 4.01. The summed E-state index contributed by atoms with van der Waals surface area (Å²) in [6, 6.07) is 0. The van der Waals surface area contributed by atoms with Crippen molar-refractivity contribution in [1.29, 1.82) is 0 Å². The first-order valence-electron chi connectivity index (χ1n) is 6.20. The van der Waals surface area contributed by atoms with Crippen LogP contribution in [0.4, 0.5) is 0 Å². The molecule has 0 spiro atoms. The highest BCUT2D eigenvalue weighted by molar-refractivity contribution is 5.81. The van der Waals surface area contributed by atoms with Crippen LogP contribution in [0, 0.1) is 34.6 Å². The highest BCUT2D eigenvalue weighted by atomic mass is 14.2. The smallest absolute Gasteiger partial charge is 0.0121 e. The topological polar surface area (TPSA) is 0 Å². The first kappa shape index (κ1) is 13.8. The van der Waals surface area contributed by atoms with E-state index in [1.807, 2.05) is 6.08 Å². The molecule has 0 unspecified atom stereocenters. The minimum Gasteiger partial charge on any atom is -0.0984 e. The fraction of sp³-hybridized carbons (Fsp3) is 0.412. The zero-order valence-electron chi connectivity index (χ0n) is 12.3. The van der Waals surface area contributed by atoms with Gasteiger partial charge in [0.15, 0.2) is 0 Å². The lowest BCUT2D eigenvalue weighted by molar-refractivity contribution is 1.16. The Morgan fingerprint density at radius 3 is 1.41 bits per heavy atom. The average Bonchev–Trinajstić information content (AvgIpc) is 2.29. The Kier molecular flexibility index (Phi) is 3.98. The highest BCUT2D eigenvalue weighted by Gasteiger charge is 2.14. The first-order chi connectivity index (χ1) is 7.82. The summed E-state index contributed by atoms with van der Waals surface area (Å²) in [5.74, 6) is 0. The van der Waals surface area contributed by atoms with Crippen molar-refractivity contribution in [2.45, 2.75) is 48.5 Å². The molecule has 1 aromatic carbocycles. The number of benzene rings is 1. The van der Waals surface area contributed by atoms with Gasteiger partial charge in [0, 0.05) is 0 Å². The van der Waals surface area contributed by atoms with Crippen molar-refractivity contribution in [1.82, 2.24) is 0 Å². The van der Waals surface area contributed by atoms with Gasteiger partial charge in [0.1, 0.15) is 0 Å². The van der Waals surface area contributed by atoms with Crippen LogP contribution >= 0.6 is 0 Å². The van der Waals surface area contributed by atoms with Gasteiger partial charge in [-0.2, -0.15) is 0 Å². The number of hydrogen-bond acceptors (Lipinski definition) is 0. The third kappa shape index (κ3) is 2.22. The molecule has 0 saturated heterocycles. The Morgan fingerprint density at radius 2 is 1.12 bits per heavy atom. The fourth-order valence-corrected chi connectivity index (χ4v) is 2.46. The summed E-state index contributed by atoms with van der Waals surface area (Å²) >= 11 is 0. The van der Waals surface area contributed by atoms with E-state index in [1.54, 1.807) is 0 Å². The zero-order chi connectivity index (χ0) is 13.3. The number of hydrogen-bond donors (Lipinski definition) is 0. The van der Waals surface area contributed by atoms with E-state index in [0.29, 0.717) is 0 Å². The molecule has 0 fully saturated rings. The molecule has 0 heteroatoms. The van der Waals surface area contributed by atoms with Gasteiger partial charge < -0.3 is 0 Å². The number of rotatable bonds is 2. The summed E-state index contributed by atoms with van der Waals surface area (Å²) in [4.78, 5) is 0. The molecule has 0 N–H and O–H groups in total. The van der Waals surface area contributed by atoms with Crippen LogP contribution in [-0.2, 0) is 0 Å². The van der Waals surface area contributed by atoms with Gasteiger partial charge in [-0.1, -0.05) is 18.2 Å². The predicted molar refractivity (Wildman–Crippen MR) is 78.6 cm³/mol. The van der Waals surface area contributed by atoms with Crippen LogP contribution in [0.3, 0.4) is 0 Å². The van der Waals surface area contributed by atoms with E-state index in [2.05, 4.69) is 55.0 Å². The Labute approximate surface area is 106 Å². The predicted octanol–water partition coefficient (Wildman–Crippen LogP) is 5.21. The number of allylic oxidation sites excluding steroid dienone is 3. The zero-order valence-corrected chi connectivity index (χ0v) is 12.3. The van der Waals surface area contributed by atoms with Gasteiger partial charge in [0.2, 0.25) is 0 Å². The summed E-state index contributed by atoms with van der Waals surface area (Å²) < 4.78 is 0. The molecule has 0 bridgehead atoms. The molecule has 0 aliphatic rings. The average molecular weight is 228 g/mol. The molecule has 0 saturated carbocycles. The lowest BCUT2D eigenvalue weighted by atomic mass is 9.85. The van der Waals surface area contributed by atoms with E-state index in [1.165, 1.54) is 44.5 Å². The van der Waals surface area contributed by atoms with Crippen LogP contribution in [0.5, 0.6) is 0 Å². The van der Waals surface area contributed by atoms with Gasteiger partial charge in [-0.15, -0.1) is 0 Å². The van der Waals surface area contributed by atoms with Crippen LogP contribution in [0.1, 0.15) is 47.2 Å². The third-order valence-corrected chi connectivity index (χ3v) is 4.01. The largest absolute Gasteiger partial charge is 0.0984 e. The maximum atomic E-state index is 3.96. The molecule has 0 nitrogen and oxygen atoms in total. The molecule has 0 radical (unpaired) electrons. The van der Waals surface area contributed by atoms with Crippen LogP contribution in [-0.4, -0.2) is 0 Å². The molecular formula is C17H24. The van der Waals surface area contributed by atoms with Gasteiger partial charge in [0.05, 0.1) is 0 Å². The molecule has 0 atom stereocenters. The lowest BCUT2D eigenvalue weighted by Gasteiger charge is -2.20. The summed E-state index contributed by atoms with van der Waals surface area (Å²) in [5, 5.41) is 0. The van der Waals surface area contributed by atoms with Crippen molar-refractivity contribution >= 4 is 5.57 Å². The summed E-state index contributed by atoms with van der Waals surface area (Å²) in [6.07, 6.45) is 1.98. The second-order valence-corrected chi connectivity index (χ2v) is 5.12. The summed E-state index contributed by atoms with van der Waals surface area (Å²) in [7, 11) is 0. The van der Waals surface area contributed by atoms with Crippen molar-refractivity contribution in [3.05, 3.63) is 51.6 Å². The van der Waals surface area contributed by atoms with Crippen LogP contribution in [0.15, 0.2) is 18.2 Å². The lowest BCUT2D eigenvalue weighted by Crippen LogP contribution is -2.02. The molecule has 1 aromatic rings. The normalized spacial score (nSPS) is 10.3. The van der Waals surface area contributed by atoms with E-state index < -0.39 is 0 Å². The molecule has 0 heterocycles. The SMILES string of the molecule is C=CC(=C(C)C)c1c(C)c(C)c(C)c(C)c1C. The van der Waals surface area contributed by atoms with Gasteiger partial charge in [0.25, 0.3) is 0 Å². The Balaban J connectivity index is 3.78. The van der Waals surface area contributed by atoms with Gasteiger partial charge in [-0.3, -0.25) is 0 Å². The summed E-state index contributed by atoms with van der Waals surface area (Å²) in [5.41, 5.74) is 11.0. The molecule has 17 heavy (non-hydrogen) atoms. The van der Waals surface area contributed by atoms with E-state index in [0.717, 1.165) is 0 Å². The molecule has 0 aliphatic heterocycles. The first-order valence-corrected chi connectivity index (χ1v) is 6.20. The van der Waals surface area contributed by atoms with Crippen molar-refractivity contribution in [2.24, 2.45) is 0 Å². The van der Waals surface area contributed by atoms with Gasteiger partial charge in [-0.25, -0.2) is 0 Å². The monoisotopic (exact) mass is 228 g/mol.